The van der Waals surface area contributed by atoms with Crippen molar-refractivity contribution in [1.82, 2.24) is 10.2 Å². The Morgan fingerprint density at radius 2 is 1.83 bits per heavy atom. The molecule has 1 aliphatic rings. The number of nitrogens with one attached hydrogen (secondary N) is 1. The van der Waals surface area contributed by atoms with E-state index >= 15 is 0 Å². The van der Waals surface area contributed by atoms with E-state index in [1.54, 1.807) is 0 Å². The quantitative estimate of drug-likeness (QED) is 0.887. The van der Waals surface area contributed by atoms with Crippen LogP contribution in [0.1, 0.15) is 34.3 Å². The Morgan fingerprint density at radius 1 is 1.12 bits per heavy atom. The van der Waals surface area contributed by atoms with Gasteiger partial charge in [0.1, 0.15) is 5.82 Å². The van der Waals surface area contributed by atoms with Crippen molar-refractivity contribution in [2.75, 3.05) is 13.1 Å². The van der Waals surface area contributed by atoms with Gasteiger partial charge in [-0.3, -0.25) is 9.69 Å². The number of nitrogens with zero attached hydrogens (tertiary/aromatic N) is 1. The molecule has 2 aromatic carbocycles. The second-order valence-electron chi connectivity index (χ2n) is 6.06. The van der Waals surface area contributed by atoms with Crippen LogP contribution in [0.4, 0.5) is 4.39 Å². The maximum atomic E-state index is 13.1. The van der Waals surface area contributed by atoms with Crippen molar-refractivity contribution in [2.24, 2.45) is 0 Å². The van der Waals surface area contributed by atoms with Crippen molar-refractivity contribution in [3.8, 4) is 0 Å². The molecule has 5 heteroatoms. The average molecular weight is 347 g/mol. The lowest BCUT2D eigenvalue weighted by molar-refractivity contribution is 0.0951. The first-order valence-electron chi connectivity index (χ1n) is 8.16. The predicted molar refractivity (Wildman–Crippen MR) is 93.5 cm³/mol. The fourth-order valence-corrected chi connectivity index (χ4v) is 3.26. The van der Waals surface area contributed by atoms with E-state index in [4.69, 9.17) is 11.6 Å². The van der Waals surface area contributed by atoms with Gasteiger partial charge in [0.15, 0.2) is 0 Å². The molecule has 1 saturated heterocycles. The van der Waals surface area contributed by atoms with Crippen molar-refractivity contribution >= 4 is 17.5 Å². The molecule has 1 amide bonds. The highest BCUT2D eigenvalue weighted by Gasteiger charge is 2.15. The molecule has 0 spiro atoms. The van der Waals surface area contributed by atoms with E-state index in [9.17, 15) is 9.18 Å². The molecule has 1 aliphatic heterocycles. The second-order valence-corrected chi connectivity index (χ2v) is 6.47. The third-order valence-corrected chi connectivity index (χ3v) is 4.64. The number of hydrogen-bond donors (Lipinski definition) is 1. The summed E-state index contributed by atoms with van der Waals surface area (Å²) in [6.45, 7) is 3.59. The highest BCUT2D eigenvalue weighted by Crippen LogP contribution is 2.18. The number of likely N-dealkylation sites (tertiary alicyclic amines) is 1. The average Bonchev–Trinajstić information content (AvgIpc) is 3.07. The van der Waals surface area contributed by atoms with Gasteiger partial charge in [0.05, 0.1) is 10.6 Å². The molecule has 0 atom stereocenters. The fraction of sp³-hybridized carbons (Fsp3) is 0.316. The Bertz CT molecular complexity index is 729. The van der Waals surface area contributed by atoms with Gasteiger partial charge in [-0.2, -0.15) is 0 Å². The van der Waals surface area contributed by atoms with Crippen LogP contribution in [0.15, 0.2) is 42.5 Å². The van der Waals surface area contributed by atoms with E-state index in [0.29, 0.717) is 6.54 Å². The number of benzene rings is 2. The highest BCUT2D eigenvalue weighted by molar-refractivity contribution is 6.33. The van der Waals surface area contributed by atoms with Gasteiger partial charge >= 0.3 is 0 Å². The molecule has 1 N–H and O–H groups in total. The molecule has 126 valence electrons. The predicted octanol–water partition coefficient (Wildman–Crippen LogP) is 4.00. The third-order valence-electron chi connectivity index (χ3n) is 4.33. The first-order valence-corrected chi connectivity index (χ1v) is 8.53. The summed E-state index contributed by atoms with van der Waals surface area (Å²) in [7, 11) is 0. The summed E-state index contributed by atoms with van der Waals surface area (Å²) in [6, 6.07) is 11.9. The monoisotopic (exact) mass is 346 g/mol. The normalized spacial score (nSPS) is 14.8. The van der Waals surface area contributed by atoms with E-state index in [1.807, 2.05) is 18.2 Å². The zero-order valence-corrected chi connectivity index (χ0v) is 14.2. The van der Waals surface area contributed by atoms with Gasteiger partial charge in [-0.25, -0.2) is 4.39 Å². The van der Waals surface area contributed by atoms with Crippen LogP contribution in [0.2, 0.25) is 5.02 Å². The maximum absolute atomic E-state index is 13.1. The van der Waals surface area contributed by atoms with Crippen molar-refractivity contribution in [1.29, 1.82) is 0 Å². The molecule has 0 aliphatic carbocycles. The lowest BCUT2D eigenvalue weighted by Crippen LogP contribution is -2.25. The summed E-state index contributed by atoms with van der Waals surface area (Å²) in [4.78, 5) is 14.7. The van der Waals surface area contributed by atoms with Gasteiger partial charge in [-0.15, -0.1) is 0 Å². The number of halogens is 2. The Balaban J connectivity index is 1.66. The van der Waals surface area contributed by atoms with Crippen molar-refractivity contribution in [2.45, 2.75) is 25.9 Å². The molecule has 0 unspecified atom stereocenters. The lowest BCUT2D eigenvalue weighted by atomic mass is 10.1. The van der Waals surface area contributed by atoms with Crippen molar-refractivity contribution in [3.63, 3.8) is 0 Å². The standard InChI is InChI=1S/C19H20ClFN2O/c20-18-11-16(21)7-8-17(18)19(24)22-12-14-5-1-2-6-15(14)13-23-9-3-4-10-23/h1-2,5-8,11H,3-4,9-10,12-13H2,(H,22,24). The van der Waals surface area contributed by atoms with Crippen molar-refractivity contribution in [3.05, 3.63) is 70.0 Å². The van der Waals surface area contributed by atoms with Gasteiger partial charge in [-0.1, -0.05) is 35.9 Å². The molecule has 1 fully saturated rings. The third kappa shape index (κ3) is 4.13. The zero-order chi connectivity index (χ0) is 16.9. The summed E-state index contributed by atoms with van der Waals surface area (Å²) >= 11 is 5.94. The Hall–Kier alpha value is -1.91. The molecular weight excluding hydrogens is 327 g/mol. The summed E-state index contributed by atoms with van der Waals surface area (Å²) in [5.74, 6) is -0.747. The summed E-state index contributed by atoms with van der Waals surface area (Å²) in [6.07, 6.45) is 2.50. The molecule has 3 rings (SSSR count). The second kappa shape index (κ2) is 7.77. The highest BCUT2D eigenvalue weighted by atomic mass is 35.5. The van der Waals surface area contributed by atoms with E-state index in [1.165, 1.54) is 30.5 Å². The smallest absolute Gasteiger partial charge is 0.253 e. The van der Waals surface area contributed by atoms with Crippen LogP contribution in [0.3, 0.4) is 0 Å². The summed E-state index contributed by atoms with van der Waals surface area (Å²) < 4.78 is 13.1. The number of rotatable bonds is 5. The first-order chi connectivity index (χ1) is 11.6. The van der Waals surface area contributed by atoms with E-state index in [0.717, 1.165) is 31.3 Å². The molecule has 3 nitrogen and oxygen atoms in total. The Labute approximate surface area is 146 Å². The minimum atomic E-state index is -0.451. The Kier molecular flexibility index (Phi) is 5.48. The van der Waals surface area contributed by atoms with Crippen molar-refractivity contribution < 1.29 is 9.18 Å². The largest absolute Gasteiger partial charge is 0.348 e. The van der Waals surface area contributed by atoms with Crippen LogP contribution in [0, 0.1) is 5.82 Å². The van der Waals surface area contributed by atoms with Gasteiger partial charge in [0.2, 0.25) is 0 Å². The van der Waals surface area contributed by atoms with Crippen LogP contribution >= 0.6 is 11.6 Å². The molecule has 0 aromatic heterocycles. The summed E-state index contributed by atoms with van der Waals surface area (Å²) in [5, 5.41) is 3.00. The topological polar surface area (TPSA) is 32.3 Å². The van der Waals surface area contributed by atoms with Crippen LogP contribution in [0.5, 0.6) is 0 Å². The zero-order valence-electron chi connectivity index (χ0n) is 13.4. The number of carbonyl (C=O) groups is 1. The van der Waals surface area contributed by atoms with Crippen LogP contribution in [0.25, 0.3) is 0 Å². The van der Waals surface area contributed by atoms with E-state index in [2.05, 4.69) is 16.3 Å². The van der Waals surface area contributed by atoms with Crippen LogP contribution in [-0.4, -0.2) is 23.9 Å². The first kappa shape index (κ1) is 16.9. The minimum absolute atomic E-state index is 0.123. The molecule has 0 saturated carbocycles. The van der Waals surface area contributed by atoms with Crippen LogP contribution < -0.4 is 5.32 Å². The Morgan fingerprint density at radius 3 is 2.54 bits per heavy atom. The number of carbonyl (C=O) groups excluding carboxylic acids is 1. The molecule has 0 radical (unpaired) electrons. The van der Waals surface area contributed by atoms with Gasteiger partial charge < -0.3 is 5.32 Å². The van der Waals surface area contributed by atoms with Gasteiger partial charge in [0, 0.05) is 13.1 Å². The van der Waals surface area contributed by atoms with Crippen LogP contribution in [-0.2, 0) is 13.1 Å². The molecule has 24 heavy (non-hydrogen) atoms. The SMILES string of the molecule is O=C(NCc1ccccc1CN1CCCC1)c1ccc(F)cc1Cl. The minimum Gasteiger partial charge on any atom is -0.348 e. The number of hydrogen-bond acceptors (Lipinski definition) is 2. The summed E-state index contributed by atoms with van der Waals surface area (Å²) in [5.41, 5.74) is 2.61. The molecule has 1 heterocycles. The molecule has 2 aromatic rings. The van der Waals surface area contributed by atoms with E-state index in [-0.39, 0.29) is 16.5 Å². The fourth-order valence-electron chi connectivity index (χ4n) is 3.01. The number of amides is 1. The van der Waals surface area contributed by atoms with Gasteiger partial charge in [-0.05, 0) is 55.3 Å². The maximum Gasteiger partial charge on any atom is 0.253 e. The molecular formula is C19H20ClFN2O. The molecule has 0 bridgehead atoms. The van der Waals surface area contributed by atoms with E-state index < -0.39 is 5.82 Å². The lowest BCUT2D eigenvalue weighted by Gasteiger charge is -2.17. The van der Waals surface area contributed by atoms with Gasteiger partial charge in [0.25, 0.3) is 5.91 Å².